The first-order valence-corrected chi connectivity index (χ1v) is 9.52. The predicted octanol–water partition coefficient (Wildman–Crippen LogP) is 2.48. The molecule has 1 aromatic carbocycles. The van der Waals surface area contributed by atoms with Crippen LogP contribution in [0.2, 0.25) is 0 Å². The molecule has 5 heteroatoms. The number of aryl methyl sites for hydroxylation is 1. The van der Waals surface area contributed by atoms with E-state index in [1.165, 1.54) is 19.4 Å². The Balaban J connectivity index is 1.40. The summed E-state index contributed by atoms with van der Waals surface area (Å²) >= 11 is 0. The smallest absolute Gasteiger partial charge is 0.143 e. The highest BCUT2D eigenvalue weighted by atomic mass is 16.5. The normalized spacial score (nSPS) is 23.2. The van der Waals surface area contributed by atoms with Crippen LogP contribution in [0.4, 0.5) is 0 Å². The summed E-state index contributed by atoms with van der Waals surface area (Å²) < 4.78 is 5.47. The zero-order chi connectivity index (χ0) is 17.1. The topological polar surface area (TPSA) is 41.5 Å². The van der Waals surface area contributed by atoms with E-state index in [1.54, 1.807) is 0 Å². The van der Waals surface area contributed by atoms with E-state index in [2.05, 4.69) is 41.0 Å². The number of nitrogens with zero attached hydrogens (tertiary/aromatic N) is 4. The number of piperidine rings is 1. The summed E-state index contributed by atoms with van der Waals surface area (Å²) in [6, 6.07) is 8.30. The lowest BCUT2D eigenvalue weighted by Gasteiger charge is -2.36. The Morgan fingerprint density at radius 2 is 1.92 bits per heavy atom. The molecule has 25 heavy (non-hydrogen) atoms. The van der Waals surface area contributed by atoms with Crippen LogP contribution in [0.3, 0.4) is 0 Å². The van der Waals surface area contributed by atoms with Gasteiger partial charge in [-0.2, -0.15) is 0 Å². The molecule has 1 atom stereocenters. The Bertz CT molecular complexity index is 714. The number of benzene rings is 1. The Hall–Kier alpha value is -1.56. The minimum absolute atomic E-state index is 0.758. The summed E-state index contributed by atoms with van der Waals surface area (Å²) in [7, 11) is 0. The summed E-state index contributed by atoms with van der Waals surface area (Å²) in [5.74, 6) is 1.72. The second-order valence-corrected chi connectivity index (χ2v) is 7.40. The van der Waals surface area contributed by atoms with Crippen LogP contribution >= 0.6 is 0 Å². The molecule has 4 rings (SSSR count). The van der Waals surface area contributed by atoms with Gasteiger partial charge < -0.3 is 4.74 Å². The van der Waals surface area contributed by atoms with E-state index in [4.69, 9.17) is 14.7 Å². The van der Waals surface area contributed by atoms with E-state index >= 15 is 0 Å². The first-order chi connectivity index (χ1) is 12.3. The van der Waals surface area contributed by atoms with E-state index in [1.807, 2.05) is 0 Å². The maximum atomic E-state index is 5.47. The van der Waals surface area contributed by atoms with Crippen molar-refractivity contribution >= 4 is 10.9 Å². The lowest BCUT2D eigenvalue weighted by atomic mass is 9.97. The molecule has 134 valence electrons. The standard InChI is InChI=1S/C20H28N4O/c1-16-18-6-2-3-7-19(18)22-20(21-16)15-24-8-4-5-17(14-24)13-23-9-11-25-12-10-23/h2-3,6-7,17H,4-5,8-15H2,1H3/t17-/m1/s1. The monoisotopic (exact) mass is 340 g/mol. The maximum absolute atomic E-state index is 5.47. The molecule has 0 N–H and O–H groups in total. The number of hydrogen-bond acceptors (Lipinski definition) is 5. The molecule has 2 aliphatic heterocycles. The Labute approximate surface area is 150 Å². The molecule has 5 nitrogen and oxygen atoms in total. The van der Waals surface area contributed by atoms with Crippen LogP contribution in [0.5, 0.6) is 0 Å². The Kier molecular flexibility index (Phi) is 5.25. The number of hydrogen-bond donors (Lipinski definition) is 0. The van der Waals surface area contributed by atoms with Crippen molar-refractivity contribution in [3.05, 3.63) is 35.8 Å². The molecule has 2 aromatic rings. The van der Waals surface area contributed by atoms with Gasteiger partial charge in [-0.25, -0.2) is 9.97 Å². The van der Waals surface area contributed by atoms with Gasteiger partial charge in [-0.15, -0.1) is 0 Å². The van der Waals surface area contributed by atoms with Crippen molar-refractivity contribution in [2.75, 3.05) is 45.9 Å². The zero-order valence-corrected chi connectivity index (χ0v) is 15.2. The number of rotatable bonds is 4. The van der Waals surface area contributed by atoms with E-state index in [9.17, 15) is 0 Å². The quantitative estimate of drug-likeness (QED) is 0.855. The van der Waals surface area contributed by atoms with Crippen molar-refractivity contribution in [1.82, 2.24) is 19.8 Å². The van der Waals surface area contributed by atoms with Crippen molar-refractivity contribution in [3.63, 3.8) is 0 Å². The predicted molar refractivity (Wildman–Crippen MR) is 99.5 cm³/mol. The van der Waals surface area contributed by atoms with Crippen LogP contribution in [-0.2, 0) is 11.3 Å². The van der Waals surface area contributed by atoms with Crippen LogP contribution in [0.25, 0.3) is 10.9 Å². The van der Waals surface area contributed by atoms with Gasteiger partial charge in [-0.05, 0) is 38.3 Å². The van der Waals surface area contributed by atoms with Gasteiger partial charge in [0, 0.05) is 37.3 Å². The Morgan fingerprint density at radius 3 is 2.80 bits per heavy atom. The van der Waals surface area contributed by atoms with E-state index in [-0.39, 0.29) is 0 Å². The first kappa shape index (κ1) is 16.9. The van der Waals surface area contributed by atoms with Crippen molar-refractivity contribution in [1.29, 1.82) is 0 Å². The van der Waals surface area contributed by atoms with Gasteiger partial charge in [-0.3, -0.25) is 9.80 Å². The average molecular weight is 340 g/mol. The number of morpholine rings is 1. The SMILES string of the molecule is Cc1nc(CN2CCC[C@H](CN3CCOCC3)C2)nc2ccccc12. The molecule has 3 heterocycles. The van der Waals surface area contributed by atoms with Gasteiger partial charge in [0.2, 0.25) is 0 Å². The van der Waals surface area contributed by atoms with Gasteiger partial charge in [0.25, 0.3) is 0 Å². The fourth-order valence-corrected chi connectivity index (χ4v) is 4.16. The molecule has 0 amide bonds. The number of ether oxygens (including phenoxy) is 1. The number of aromatic nitrogens is 2. The van der Waals surface area contributed by atoms with Gasteiger partial charge in [0.1, 0.15) is 5.82 Å². The second kappa shape index (κ2) is 7.77. The molecule has 1 aromatic heterocycles. The van der Waals surface area contributed by atoms with Crippen molar-refractivity contribution in [2.45, 2.75) is 26.3 Å². The highest BCUT2D eigenvalue weighted by Gasteiger charge is 2.23. The molecule has 0 unspecified atom stereocenters. The third kappa shape index (κ3) is 4.17. The summed E-state index contributed by atoms with van der Waals surface area (Å²) in [5, 5.41) is 1.16. The zero-order valence-electron chi connectivity index (χ0n) is 15.2. The van der Waals surface area contributed by atoms with Crippen molar-refractivity contribution in [3.8, 4) is 0 Å². The molecule has 2 saturated heterocycles. The molecule has 0 radical (unpaired) electrons. The third-order valence-electron chi connectivity index (χ3n) is 5.43. The minimum Gasteiger partial charge on any atom is -0.379 e. The van der Waals surface area contributed by atoms with Gasteiger partial charge in [-0.1, -0.05) is 18.2 Å². The summed E-state index contributed by atoms with van der Waals surface area (Å²) in [5.41, 5.74) is 2.15. The Morgan fingerprint density at radius 1 is 1.08 bits per heavy atom. The molecule has 0 saturated carbocycles. The molecular formula is C20H28N4O. The lowest BCUT2D eigenvalue weighted by Crippen LogP contribution is -2.44. The van der Waals surface area contributed by atoms with Crippen LogP contribution in [0, 0.1) is 12.8 Å². The lowest BCUT2D eigenvalue weighted by molar-refractivity contribution is 0.0223. The molecule has 0 aliphatic carbocycles. The fraction of sp³-hybridized carbons (Fsp3) is 0.600. The van der Waals surface area contributed by atoms with Gasteiger partial charge >= 0.3 is 0 Å². The van der Waals surface area contributed by atoms with Crippen LogP contribution in [0.15, 0.2) is 24.3 Å². The fourth-order valence-electron chi connectivity index (χ4n) is 4.16. The summed E-state index contributed by atoms with van der Waals surface area (Å²) in [6.45, 7) is 10.4. The number of fused-ring (bicyclic) bond motifs is 1. The van der Waals surface area contributed by atoms with Crippen LogP contribution in [0.1, 0.15) is 24.4 Å². The second-order valence-electron chi connectivity index (χ2n) is 7.40. The van der Waals surface area contributed by atoms with E-state index in [0.717, 1.165) is 74.3 Å². The average Bonchev–Trinajstić information content (AvgIpc) is 2.63. The first-order valence-electron chi connectivity index (χ1n) is 9.52. The maximum Gasteiger partial charge on any atom is 0.143 e. The number of likely N-dealkylation sites (tertiary alicyclic amines) is 1. The minimum atomic E-state index is 0.758. The molecule has 2 aliphatic rings. The molecule has 0 bridgehead atoms. The highest BCUT2D eigenvalue weighted by Crippen LogP contribution is 2.21. The van der Waals surface area contributed by atoms with Gasteiger partial charge in [0.05, 0.1) is 25.3 Å². The van der Waals surface area contributed by atoms with E-state index in [0.29, 0.717) is 0 Å². The molecule has 2 fully saturated rings. The van der Waals surface area contributed by atoms with Gasteiger partial charge in [0.15, 0.2) is 0 Å². The summed E-state index contributed by atoms with van der Waals surface area (Å²) in [4.78, 5) is 14.7. The largest absolute Gasteiger partial charge is 0.379 e. The van der Waals surface area contributed by atoms with Crippen LogP contribution < -0.4 is 0 Å². The number of para-hydroxylation sites is 1. The highest BCUT2D eigenvalue weighted by molar-refractivity contribution is 5.80. The molecular weight excluding hydrogens is 312 g/mol. The summed E-state index contributed by atoms with van der Waals surface area (Å²) in [6.07, 6.45) is 2.62. The third-order valence-corrected chi connectivity index (χ3v) is 5.43. The van der Waals surface area contributed by atoms with Crippen molar-refractivity contribution < 1.29 is 4.74 Å². The van der Waals surface area contributed by atoms with Crippen molar-refractivity contribution in [2.24, 2.45) is 5.92 Å². The van der Waals surface area contributed by atoms with Crippen LogP contribution in [-0.4, -0.2) is 65.7 Å². The molecule has 0 spiro atoms. The van der Waals surface area contributed by atoms with E-state index < -0.39 is 0 Å².